The number of methoxy groups -OCH3 is 1. The lowest BCUT2D eigenvalue weighted by atomic mass is 10.1. The second-order valence-corrected chi connectivity index (χ2v) is 5.62. The number of hydrogen-bond donors (Lipinski definition) is 2. The van der Waals surface area contributed by atoms with Crippen LogP contribution in [0.3, 0.4) is 0 Å². The second-order valence-electron chi connectivity index (χ2n) is 4.30. The maximum Gasteiger partial charge on any atom is 0.122 e. The minimum Gasteiger partial charge on any atom is -0.497 e. The fourth-order valence-corrected chi connectivity index (χ4v) is 2.59. The Labute approximate surface area is 131 Å². The zero-order chi connectivity index (χ0) is 14.5. The van der Waals surface area contributed by atoms with Crippen LogP contribution >= 0.6 is 27.5 Å². The van der Waals surface area contributed by atoms with Crippen LogP contribution in [0.1, 0.15) is 11.7 Å². The Morgan fingerprint density at radius 1 is 1.30 bits per heavy atom. The molecule has 0 saturated carbocycles. The van der Waals surface area contributed by atoms with Crippen molar-refractivity contribution in [2.45, 2.75) is 6.10 Å². The lowest BCUT2D eigenvalue weighted by molar-refractivity contribution is 0.191. The summed E-state index contributed by atoms with van der Waals surface area (Å²) in [4.78, 5) is 0. The first-order valence-corrected chi connectivity index (χ1v) is 7.28. The number of aliphatic hydroxyl groups excluding tert-OH is 1. The third-order valence-corrected chi connectivity index (χ3v) is 3.67. The summed E-state index contributed by atoms with van der Waals surface area (Å²) in [5.74, 6) is 0.745. The Hall–Kier alpha value is -1.23. The topological polar surface area (TPSA) is 41.5 Å². The van der Waals surface area contributed by atoms with Crippen molar-refractivity contribution in [3.8, 4) is 5.75 Å². The Morgan fingerprint density at radius 2 is 2.05 bits per heavy atom. The standard InChI is InChI=1S/C15H15BrClNO2/c1-20-12-7-10(16)6-11(8-12)18-9-15(19)13-4-2-3-5-14(13)17/h2-8,15,18-19H,9H2,1H3. The quantitative estimate of drug-likeness (QED) is 0.841. The van der Waals surface area contributed by atoms with Crippen molar-refractivity contribution >= 4 is 33.2 Å². The van der Waals surface area contributed by atoms with Gasteiger partial charge in [0.15, 0.2) is 0 Å². The van der Waals surface area contributed by atoms with Crippen molar-refractivity contribution in [3.05, 3.63) is 57.5 Å². The number of nitrogens with one attached hydrogen (secondary N) is 1. The van der Waals surface area contributed by atoms with Gasteiger partial charge < -0.3 is 15.2 Å². The number of benzene rings is 2. The number of aliphatic hydroxyl groups is 1. The Bertz CT molecular complexity index is 592. The summed E-state index contributed by atoms with van der Waals surface area (Å²) in [6.07, 6.45) is -0.673. The molecule has 0 heterocycles. The molecule has 20 heavy (non-hydrogen) atoms. The SMILES string of the molecule is COc1cc(Br)cc(NCC(O)c2ccccc2Cl)c1. The van der Waals surface area contributed by atoms with Crippen LogP contribution in [0.4, 0.5) is 5.69 Å². The minimum atomic E-state index is -0.673. The molecule has 1 atom stereocenters. The highest BCUT2D eigenvalue weighted by atomic mass is 79.9. The van der Waals surface area contributed by atoms with Gasteiger partial charge in [0.2, 0.25) is 0 Å². The van der Waals surface area contributed by atoms with Crippen molar-refractivity contribution < 1.29 is 9.84 Å². The van der Waals surface area contributed by atoms with E-state index in [0.717, 1.165) is 15.9 Å². The largest absolute Gasteiger partial charge is 0.497 e. The van der Waals surface area contributed by atoms with Gasteiger partial charge in [-0.15, -0.1) is 0 Å². The summed E-state index contributed by atoms with van der Waals surface area (Å²) in [5, 5.41) is 13.9. The third kappa shape index (κ3) is 3.88. The van der Waals surface area contributed by atoms with Gasteiger partial charge in [0.1, 0.15) is 5.75 Å². The minimum absolute atomic E-state index is 0.364. The Morgan fingerprint density at radius 3 is 2.75 bits per heavy atom. The molecule has 0 amide bonds. The van der Waals surface area contributed by atoms with Gasteiger partial charge in [0.05, 0.1) is 13.2 Å². The molecule has 2 N–H and O–H groups in total. The van der Waals surface area contributed by atoms with E-state index in [0.29, 0.717) is 17.1 Å². The number of ether oxygens (including phenoxy) is 1. The van der Waals surface area contributed by atoms with Crippen molar-refractivity contribution in [3.63, 3.8) is 0 Å². The molecule has 2 aromatic rings. The first-order chi connectivity index (χ1) is 9.60. The number of hydrogen-bond acceptors (Lipinski definition) is 3. The molecule has 2 aromatic carbocycles. The molecule has 3 nitrogen and oxygen atoms in total. The smallest absolute Gasteiger partial charge is 0.122 e. The van der Waals surface area contributed by atoms with Crippen LogP contribution in [0.15, 0.2) is 46.9 Å². The van der Waals surface area contributed by atoms with Crippen molar-refractivity contribution in [2.75, 3.05) is 19.0 Å². The molecule has 0 aliphatic heterocycles. The van der Waals surface area contributed by atoms with E-state index in [1.165, 1.54) is 0 Å². The van der Waals surface area contributed by atoms with E-state index in [9.17, 15) is 5.11 Å². The highest BCUT2D eigenvalue weighted by Crippen LogP contribution is 2.26. The molecule has 5 heteroatoms. The molecular weight excluding hydrogens is 342 g/mol. The lowest BCUT2D eigenvalue weighted by Crippen LogP contribution is -2.12. The summed E-state index contributed by atoms with van der Waals surface area (Å²) in [7, 11) is 1.62. The molecule has 1 unspecified atom stereocenters. The normalized spacial score (nSPS) is 12.0. The van der Waals surface area contributed by atoms with Crippen LogP contribution in [0.5, 0.6) is 5.75 Å². The highest BCUT2D eigenvalue weighted by molar-refractivity contribution is 9.10. The van der Waals surface area contributed by atoms with Crippen LogP contribution in [0.25, 0.3) is 0 Å². The highest BCUT2D eigenvalue weighted by Gasteiger charge is 2.11. The van der Waals surface area contributed by atoms with Crippen LogP contribution in [-0.4, -0.2) is 18.8 Å². The molecule has 106 valence electrons. The van der Waals surface area contributed by atoms with Crippen LogP contribution in [-0.2, 0) is 0 Å². The summed E-state index contributed by atoms with van der Waals surface area (Å²) in [6.45, 7) is 0.364. The third-order valence-electron chi connectivity index (χ3n) is 2.87. The van der Waals surface area contributed by atoms with E-state index < -0.39 is 6.10 Å². The van der Waals surface area contributed by atoms with Crippen LogP contribution < -0.4 is 10.1 Å². The molecule has 0 spiro atoms. The summed E-state index contributed by atoms with van der Waals surface area (Å²) >= 11 is 9.47. The van der Waals surface area contributed by atoms with Gasteiger partial charge in [-0.25, -0.2) is 0 Å². The molecule has 0 aromatic heterocycles. The van der Waals surface area contributed by atoms with Crippen molar-refractivity contribution in [2.24, 2.45) is 0 Å². The van der Waals surface area contributed by atoms with E-state index in [1.54, 1.807) is 13.2 Å². The second kappa shape index (κ2) is 6.97. The predicted molar refractivity (Wildman–Crippen MR) is 85.6 cm³/mol. The summed E-state index contributed by atoms with van der Waals surface area (Å²) < 4.78 is 6.10. The average molecular weight is 357 g/mol. The lowest BCUT2D eigenvalue weighted by Gasteiger charge is -2.15. The predicted octanol–water partition coefficient (Wildman–Crippen LogP) is 4.26. The summed E-state index contributed by atoms with van der Waals surface area (Å²) in [5.41, 5.74) is 1.57. The van der Waals surface area contributed by atoms with Gasteiger partial charge in [-0.1, -0.05) is 45.7 Å². The maximum atomic E-state index is 10.2. The Kier molecular flexibility index (Phi) is 5.29. The maximum absolute atomic E-state index is 10.2. The van der Waals surface area contributed by atoms with Gasteiger partial charge >= 0.3 is 0 Å². The molecule has 0 radical (unpaired) electrons. The molecule has 0 bridgehead atoms. The van der Waals surface area contributed by atoms with Crippen molar-refractivity contribution in [1.29, 1.82) is 0 Å². The van der Waals surface area contributed by atoms with Crippen molar-refractivity contribution in [1.82, 2.24) is 0 Å². The molecule has 2 rings (SSSR count). The Balaban J connectivity index is 2.05. The first-order valence-electron chi connectivity index (χ1n) is 6.11. The summed E-state index contributed by atoms with van der Waals surface area (Å²) in [6, 6.07) is 12.9. The monoisotopic (exact) mass is 355 g/mol. The number of anilines is 1. The fourth-order valence-electron chi connectivity index (χ4n) is 1.85. The molecular formula is C15H15BrClNO2. The number of halogens is 2. The van der Waals surface area contributed by atoms with E-state index >= 15 is 0 Å². The van der Waals surface area contributed by atoms with E-state index in [1.807, 2.05) is 36.4 Å². The van der Waals surface area contributed by atoms with Gasteiger partial charge in [0, 0.05) is 33.4 Å². The van der Waals surface area contributed by atoms with E-state index in [2.05, 4.69) is 21.2 Å². The zero-order valence-electron chi connectivity index (χ0n) is 10.9. The van der Waals surface area contributed by atoms with E-state index in [4.69, 9.17) is 16.3 Å². The molecule has 0 aliphatic rings. The van der Waals surface area contributed by atoms with Gasteiger partial charge in [-0.05, 0) is 18.2 Å². The van der Waals surface area contributed by atoms with Gasteiger partial charge in [0.25, 0.3) is 0 Å². The zero-order valence-corrected chi connectivity index (χ0v) is 13.3. The molecule has 0 saturated heterocycles. The fraction of sp³-hybridized carbons (Fsp3) is 0.200. The average Bonchev–Trinajstić information content (AvgIpc) is 2.44. The molecule has 0 aliphatic carbocycles. The van der Waals surface area contributed by atoms with E-state index in [-0.39, 0.29) is 0 Å². The van der Waals surface area contributed by atoms with Gasteiger partial charge in [-0.2, -0.15) is 0 Å². The van der Waals surface area contributed by atoms with Crippen LogP contribution in [0, 0.1) is 0 Å². The first kappa shape index (κ1) is 15.2. The van der Waals surface area contributed by atoms with Gasteiger partial charge in [-0.3, -0.25) is 0 Å². The molecule has 0 fully saturated rings. The number of rotatable bonds is 5. The van der Waals surface area contributed by atoms with Crippen LogP contribution in [0.2, 0.25) is 5.02 Å².